The van der Waals surface area contributed by atoms with Crippen molar-refractivity contribution in [3.63, 3.8) is 0 Å². The van der Waals surface area contributed by atoms with Gasteiger partial charge in [0.25, 0.3) is 11.8 Å². The summed E-state index contributed by atoms with van der Waals surface area (Å²) in [5.41, 5.74) is 4.25. The molecule has 2 amide bonds. The zero-order chi connectivity index (χ0) is 26.1. The van der Waals surface area contributed by atoms with Crippen molar-refractivity contribution in [1.82, 2.24) is 9.88 Å². The van der Waals surface area contributed by atoms with Crippen LogP contribution >= 0.6 is 0 Å². The van der Waals surface area contributed by atoms with E-state index in [-0.39, 0.29) is 17.7 Å². The number of pyridine rings is 1. The lowest BCUT2D eigenvalue weighted by atomic mass is 10.00. The molecule has 1 unspecified atom stereocenters. The fraction of sp³-hybridized carbons (Fsp3) is 0.310. The van der Waals surface area contributed by atoms with Crippen molar-refractivity contribution in [2.75, 3.05) is 23.3 Å². The number of rotatable bonds is 7. The van der Waals surface area contributed by atoms with E-state index < -0.39 is 12.0 Å². The first-order chi connectivity index (χ1) is 17.8. The van der Waals surface area contributed by atoms with Crippen LogP contribution in [-0.2, 0) is 11.3 Å². The molecule has 8 heteroatoms. The van der Waals surface area contributed by atoms with Gasteiger partial charge in [-0.15, -0.1) is 0 Å². The first-order valence-corrected chi connectivity index (χ1v) is 12.6. The molecule has 2 N–H and O–H groups in total. The summed E-state index contributed by atoms with van der Waals surface area (Å²) in [6.45, 7) is 5.91. The lowest BCUT2D eigenvalue weighted by molar-refractivity contribution is -0.144. The van der Waals surface area contributed by atoms with Gasteiger partial charge < -0.3 is 20.2 Å². The maximum atomic E-state index is 13.0. The Labute approximate surface area is 215 Å². The van der Waals surface area contributed by atoms with E-state index in [9.17, 15) is 19.5 Å². The quantitative estimate of drug-likeness (QED) is 0.491. The predicted molar refractivity (Wildman–Crippen MR) is 142 cm³/mol. The molecule has 190 valence electrons. The Hall–Kier alpha value is -4.20. The van der Waals surface area contributed by atoms with Gasteiger partial charge in [0.2, 0.25) is 0 Å². The number of anilines is 2. The highest BCUT2D eigenvalue weighted by Crippen LogP contribution is 2.31. The zero-order valence-corrected chi connectivity index (χ0v) is 21.0. The van der Waals surface area contributed by atoms with Crippen LogP contribution in [-0.4, -0.2) is 51.9 Å². The summed E-state index contributed by atoms with van der Waals surface area (Å²) in [6, 6.07) is 15.9. The number of amides is 2. The molecule has 2 aliphatic heterocycles. The Morgan fingerprint density at radius 2 is 1.68 bits per heavy atom. The maximum absolute atomic E-state index is 13.0. The molecule has 0 saturated carbocycles. The number of nitrogens with one attached hydrogen (secondary N) is 1. The van der Waals surface area contributed by atoms with E-state index in [1.54, 1.807) is 26.1 Å². The molecule has 5 rings (SSSR count). The molecule has 1 atom stereocenters. The van der Waals surface area contributed by atoms with Gasteiger partial charge in [-0.25, -0.2) is 9.78 Å². The maximum Gasteiger partial charge on any atom is 0.326 e. The van der Waals surface area contributed by atoms with Crippen LogP contribution in [0.4, 0.5) is 11.5 Å². The normalized spacial score (nSPS) is 15.7. The summed E-state index contributed by atoms with van der Waals surface area (Å²) >= 11 is 0. The van der Waals surface area contributed by atoms with E-state index in [1.165, 1.54) is 17.7 Å². The highest BCUT2D eigenvalue weighted by atomic mass is 16.4. The summed E-state index contributed by atoms with van der Waals surface area (Å²) in [5, 5.41) is 12.5. The monoisotopic (exact) mass is 498 g/mol. The Morgan fingerprint density at radius 3 is 2.30 bits per heavy atom. The molecule has 1 saturated heterocycles. The molecule has 2 aliphatic rings. The Morgan fingerprint density at radius 1 is 0.973 bits per heavy atom. The second-order valence-electron chi connectivity index (χ2n) is 9.96. The van der Waals surface area contributed by atoms with Crippen LogP contribution in [0.3, 0.4) is 0 Å². The minimum absolute atomic E-state index is 0.197. The summed E-state index contributed by atoms with van der Waals surface area (Å²) in [4.78, 5) is 45.6. The fourth-order valence-electron chi connectivity index (χ4n) is 5.11. The number of benzene rings is 2. The number of carbonyl (C=O) groups excluding carboxylic acids is 2. The molecule has 3 aromatic rings. The van der Waals surface area contributed by atoms with E-state index in [0.29, 0.717) is 23.4 Å². The Kier molecular flexibility index (Phi) is 6.65. The average molecular weight is 499 g/mol. The van der Waals surface area contributed by atoms with E-state index in [2.05, 4.69) is 15.2 Å². The summed E-state index contributed by atoms with van der Waals surface area (Å²) in [7, 11) is 0. The van der Waals surface area contributed by atoms with Crippen LogP contribution in [0.1, 0.15) is 53.0 Å². The summed E-state index contributed by atoms with van der Waals surface area (Å²) in [5.74, 6) is -0.776. The number of hydrogen-bond acceptors (Lipinski definition) is 5. The van der Waals surface area contributed by atoms with Crippen molar-refractivity contribution in [2.45, 2.75) is 39.3 Å². The first-order valence-electron chi connectivity index (χ1n) is 12.6. The van der Waals surface area contributed by atoms with Crippen LogP contribution < -0.4 is 10.2 Å². The molecule has 3 heterocycles. The second kappa shape index (κ2) is 10.0. The SMILES string of the molecule is CC(C)C(C(=O)O)N1Cc2ccc(-c3ccc(NC(=O)c4ccc(N5CCCC5)nc4)cc3)cc2C1=O. The van der Waals surface area contributed by atoms with Crippen molar-refractivity contribution in [1.29, 1.82) is 0 Å². The second-order valence-corrected chi connectivity index (χ2v) is 9.96. The number of nitrogens with zero attached hydrogens (tertiary/aromatic N) is 3. The smallest absolute Gasteiger partial charge is 0.326 e. The number of carboxylic acids is 1. The van der Waals surface area contributed by atoms with Crippen LogP contribution in [0, 0.1) is 5.92 Å². The first kappa shape index (κ1) is 24.5. The van der Waals surface area contributed by atoms with Gasteiger partial charge in [0.15, 0.2) is 0 Å². The highest BCUT2D eigenvalue weighted by Gasteiger charge is 2.38. The molecule has 2 aromatic carbocycles. The molecule has 0 spiro atoms. The van der Waals surface area contributed by atoms with Crippen LogP contribution in [0.5, 0.6) is 0 Å². The standard InChI is InChI=1S/C29H30N4O4/c1-18(2)26(29(36)37)33-17-22-6-5-20(15-24(22)28(33)35)19-7-10-23(11-8-19)31-27(34)21-9-12-25(30-16-21)32-13-3-4-14-32/h5-12,15-16,18,26H,3-4,13-14,17H2,1-2H3,(H,31,34)(H,36,37). The summed E-state index contributed by atoms with van der Waals surface area (Å²) in [6.07, 6.45) is 3.95. The van der Waals surface area contributed by atoms with E-state index >= 15 is 0 Å². The van der Waals surface area contributed by atoms with Crippen molar-refractivity contribution >= 4 is 29.3 Å². The van der Waals surface area contributed by atoms with Gasteiger partial charge in [-0.2, -0.15) is 0 Å². The largest absolute Gasteiger partial charge is 0.480 e. The molecule has 1 fully saturated rings. The number of fused-ring (bicyclic) bond motifs is 1. The molecule has 0 bridgehead atoms. The number of aromatic nitrogens is 1. The third-order valence-electron chi connectivity index (χ3n) is 7.08. The Bertz CT molecular complexity index is 1330. The topological polar surface area (TPSA) is 103 Å². The number of hydrogen-bond donors (Lipinski definition) is 2. The molecule has 37 heavy (non-hydrogen) atoms. The van der Waals surface area contributed by atoms with Crippen molar-refractivity contribution in [3.8, 4) is 11.1 Å². The average Bonchev–Trinajstić information content (AvgIpc) is 3.53. The van der Waals surface area contributed by atoms with Gasteiger partial charge in [0, 0.05) is 37.1 Å². The van der Waals surface area contributed by atoms with E-state index in [4.69, 9.17) is 0 Å². The molecule has 1 aromatic heterocycles. The minimum atomic E-state index is -0.993. The lowest BCUT2D eigenvalue weighted by Gasteiger charge is -2.27. The molecular formula is C29H30N4O4. The third kappa shape index (κ3) is 4.91. The zero-order valence-electron chi connectivity index (χ0n) is 21.0. The molecular weight excluding hydrogens is 468 g/mol. The number of carbonyl (C=O) groups is 3. The van der Waals surface area contributed by atoms with E-state index in [0.717, 1.165) is 35.6 Å². The van der Waals surface area contributed by atoms with Crippen molar-refractivity contribution < 1.29 is 19.5 Å². The van der Waals surface area contributed by atoms with Gasteiger partial charge >= 0.3 is 5.97 Å². The van der Waals surface area contributed by atoms with E-state index in [1.807, 2.05) is 48.5 Å². The molecule has 0 radical (unpaired) electrons. The number of aliphatic carboxylic acids is 1. The van der Waals surface area contributed by atoms with Gasteiger partial charge in [-0.1, -0.05) is 38.1 Å². The third-order valence-corrected chi connectivity index (χ3v) is 7.08. The van der Waals surface area contributed by atoms with Crippen molar-refractivity contribution in [2.24, 2.45) is 5.92 Å². The van der Waals surface area contributed by atoms with Gasteiger partial charge in [-0.3, -0.25) is 9.59 Å². The number of carboxylic acid groups (broad SMARTS) is 1. The molecule has 8 nitrogen and oxygen atoms in total. The van der Waals surface area contributed by atoms with Crippen LogP contribution in [0.25, 0.3) is 11.1 Å². The minimum Gasteiger partial charge on any atom is -0.480 e. The van der Waals surface area contributed by atoms with Gasteiger partial charge in [-0.05, 0) is 65.8 Å². The Balaban J connectivity index is 1.27. The molecule has 0 aliphatic carbocycles. The van der Waals surface area contributed by atoms with Crippen LogP contribution in [0.2, 0.25) is 0 Å². The van der Waals surface area contributed by atoms with Gasteiger partial charge in [0.05, 0.1) is 5.56 Å². The van der Waals surface area contributed by atoms with Crippen molar-refractivity contribution in [3.05, 3.63) is 77.5 Å². The highest BCUT2D eigenvalue weighted by molar-refractivity contribution is 6.04. The van der Waals surface area contributed by atoms with Crippen LogP contribution in [0.15, 0.2) is 60.8 Å². The lowest BCUT2D eigenvalue weighted by Crippen LogP contribution is -2.44. The predicted octanol–water partition coefficient (Wildman–Crippen LogP) is 4.67. The summed E-state index contributed by atoms with van der Waals surface area (Å²) < 4.78 is 0. The van der Waals surface area contributed by atoms with Gasteiger partial charge in [0.1, 0.15) is 11.9 Å². The fourth-order valence-corrected chi connectivity index (χ4v) is 5.11.